The average molecular weight is 587 g/mol. The molecule has 8 nitrogen and oxygen atoms in total. The van der Waals surface area contributed by atoms with Gasteiger partial charge in [-0.1, -0.05) is 23.4 Å². The number of fused-ring (bicyclic) bond motifs is 1. The second-order valence-electron chi connectivity index (χ2n) is 11.6. The van der Waals surface area contributed by atoms with Gasteiger partial charge in [0.05, 0.1) is 24.5 Å². The zero-order valence-corrected chi connectivity index (χ0v) is 24.2. The number of ketones is 1. The number of hydrogen-bond acceptors (Lipinski definition) is 6. The first-order valence-electron chi connectivity index (χ1n) is 14.1. The maximum absolute atomic E-state index is 12.4. The van der Waals surface area contributed by atoms with Crippen molar-refractivity contribution in [3.8, 4) is 11.3 Å². The lowest BCUT2D eigenvalue weighted by atomic mass is 9.94. The van der Waals surface area contributed by atoms with Crippen LogP contribution in [-0.4, -0.2) is 63.8 Å². The van der Waals surface area contributed by atoms with E-state index in [0.29, 0.717) is 36.8 Å². The van der Waals surface area contributed by atoms with Crippen molar-refractivity contribution in [3.63, 3.8) is 0 Å². The van der Waals surface area contributed by atoms with E-state index < -0.39 is 30.4 Å². The number of carbonyl (C=O) groups is 2. The van der Waals surface area contributed by atoms with E-state index in [9.17, 15) is 22.8 Å². The zero-order chi connectivity index (χ0) is 30.3. The molecule has 4 rings (SSSR count). The Morgan fingerprint density at radius 3 is 2.60 bits per heavy atom. The highest BCUT2D eigenvalue weighted by molar-refractivity contribution is 5.82. The largest absolute Gasteiger partial charge is 0.444 e. The number of carbonyl (C=O) groups excluding carboxylic acids is 2. The van der Waals surface area contributed by atoms with Crippen LogP contribution in [0.5, 0.6) is 0 Å². The molecule has 3 aromatic rings. The van der Waals surface area contributed by atoms with Gasteiger partial charge in [0.25, 0.3) is 0 Å². The predicted octanol–water partition coefficient (Wildman–Crippen LogP) is 6.84. The molecule has 0 N–H and O–H groups in total. The minimum absolute atomic E-state index is 0.0491. The Kier molecular flexibility index (Phi) is 9.90. The van der Waals surface area contributed by atoms with Crippen molar-refractivity contribution in [1.29, 1.82) is 0 Å². The number of likely N-dealkylation sites (tertiary alicyclic amines) is 1. The first-order chi connectivity index (χ1) is 19.9. The molecule has 42 heavy (non-hydrogen) atoms. The van der Waals surface area contributed by atoms with Crippen molar-refractivity contribution >= 4 is 23.7 Å². The molecule has 0 saturated carbocycles. The van der Waals surface area contributed by atoms with Gasteiger partial charge in [-0.3, -0.25) is 9.20 Å². The summed E-state index contributed by atoms with van der Waals surface area (Å²) in [5, 5.41) is 4.10. The first-order valence-corrected chi connectivity index (χ1v) is 14.1. The molecular formula is C31H37F3N4O4. The summed E-state index contributed by atoms with van der Waals surface area (Å²) in [4.78, 5) is 36.0. The van der Waals surface area contributed by atoms with Crippen molar-refractivity contribution in [3.05, 3.63) is 59.9 Å². The Morgan fingerprint density at radius 1 is 1.12 bits per heavy atom. The second kappa shape index (κ2) is 13.4. The van der Waals surface area contributed by atoms with Crippen LogP contribution in [-0.2, 0) is 20.8 Å². The van der Waals surface area contributed by atoms with E-state index in [1.54, 1.807) is 35.5 Å². The van der Waals surface area contributed by atoms with Crippen molar-refractivity contribution in [1.82, 2.24) is 14.3 Å². The molecule has 0 radical (unpaired) electrons. The SMILES string of the molecule is CC(C)(C)OC(=O)N1CCC(CCON=Cc2ccn3c(-c4cccc(CC(=O)CCC(F)(F)F)c4)cnc3c2)CC1. The Balaban J connectivity index is 1.26. The molecule has 0 bridgehead atoms. The van der Waals surface area contributed by atoms with Crippen LogP contribution in [0.4, 0.5) is 18.0 Å². The van der Waals surface area contributed by atoms with Gasteiger partial charge in [0.1, 0.15) is 23.6 Å². The first kappa shape index (κ1) is 31.1. The highest BCUT2D eigenvalue weighted by Gasteiger charge is 2.28. The van der Waals surface area contributed by atoms with E-state index in [0.717, 1.165) is 36.1 Å². The highest BCUT2D eigenvalue weighted by Crippen LogP contribution is 2.25. The summed E-state index contributed by atoms with van der Waals surface area (Å²) < 4.78 is 44.6. The molecule has 11 heteroatoms. The summed E-state index contributed by atoms with van der Waals surface area (Å²) in [7, 11) is 0. The smallest absolute Gasteiger partial charge is 0.410 e. The van der Waals surface area contributed by atoms with Crippen molar-refractivity contribution in [2.24, 2.45) is 11.1 Å². The van der Waals surface area contributed by atoms with Crippen molar-refractivity contribution < 1.29 is 32.3 Å². The number of alkyl halides is 3. The maximum Gasteiger partial charge on any atom is 0.410 e. The van der Waals surface area contributed by atoms with Crippen LogP contribution in [0.25, 0.3) is 16.9 Å². The Hall–Kier alpha value is -3.89. The molecular weight excluding hydrogens is 549 g/mol. The number of pyridine rings is 1. The fourth-order valence-electron chi connectivity index (χ4n) is 4.83. The van der Waals surface area contributed by atoms with E-state index in [1.165, 1.54) is 0 Å². The van der Waals surface area contributed by atoms with E-state index in [-0.39, 0.29) is 12.5 Å². The molecule has 0 aliphatic carbocycles. The van der Waals surface area contributed by atoms with Gasteiger partial charge in [0, 0.05) is 43.3 Å². The number of piperidine rings is 1. The van der Waals surface area contributed by atoms with Gasteiger partial charge in [-0.15, -0.1) is 0 Å². The normalized spacial score (nSPS) is 15.0. The fraction of sp³-hybridized carbons (Fsp3) is 0.484. The van der Waals surface area contributed by atoms with E-state index >= 15 is 0 Å². The summed E-state index contributed by atoms with van der Waals surface area (Å²) in [6.45, 7) is 7.44. The number of ether oxygens (including phenoxy) is 1. The van der Waals surface area contributed by atoms with Crippen LogP contribution in [0.2, 0.25) is 0 Å². The minimum Gasteiger partial charge on any atom is -0.444 e. The third-order valence-corrected chi connectivity index (χ3v) is 7.01. The molecule has 2 aromatic heterocycles. The topological polar surface area (TPSA) is 85.5 Å². The lowest BCUT2D eigenvalue weighted by molar-refractivity contribution is -0.143. The van der Waals surface area contributed by atoms with Crippen LogP contribution in [0.15, 0.2) is 53.9 Å². The van der Waals surface area contributed by atoms with E-state index in [1.807, 2.05) is 49.6 Å². The van der Waals surface area contributed by atoms with Gasteiger partial charge in [-0.25, -0.2) is 9.78 Å². The van der Waals surface area contributed by atoms with Gasteiger partial charge in [0.15, 0.2) is 0 Å². The number of Topliss-reactive ketones (excluding diaryl/α,β-unsaturated/α-hetero) is 1. The van der Waals surface area contributed by atoms with Crippen molar-refractivity contribution in [2.75, 3.05) is 19.7 Å². The molecule has 3 heterocycles. The molecule has 0 atom stereocenters. The second-order valence-corrected chi connectivity index (χ2v) is 11.6. The molecule has 1 fully saturated rings. The number of imidazole rings is 1. The van der Waals surface area contributed by atoms with Gasteiger partial charge in [-0.05, 0) is 69.7 Å². The molecule has 0 unspecified atom stereocenters. The van der Waals surface area contributed by atoms with Gasteiger partial charge in [0.2, 0.25) is 0 Å². The van der Waals surface area contributed by atoms with Crippen molar-refractivity contribution in [2.45, 2.75) is 71.1 Å². The Morgan fingerprint density at radius 2 is 1.88 bits per heavy atom. The Bertz CT molecular complexity index is 1400. The summed E-state index contributed by atoms with van der Waals surface area (Å²) in [5.41, 5.74) is 3.28. The number of oxime groups is 1. The standard InChI is InChI=1S/C31H37F3N4O4/c1-30(2,3)42-29(40)37-13-8-22(9-14-37)11-16-41-36-20-24-10-15-38-27(21-35-28(38)19-24)25-6-4-5-23(17-25)18-26(39)7-12-31(32,33)34/h4-6,10,15,17,19-22H,7-9,11-14,16,18H2,1-3H3. The molecule has 0 spiro atoms. The van der Waals surface area contributed by atoms with Gasteiger partial charge < -0.3 is 14.5 Å². The highest BCUT2D eigenvalue weighted by atomic mass is 19.4. The monoisotopic (exact) mass is 586 g/mol. The number of rotatable bonds is 10. The molecule has 1 amide bonds. The zero-order valence-electron chi connectivity index (χ0n) is 24.2. The molecule has 226 valence electrons. The maximum atomic E-state index is 12.4. The molecule has 1 saturated heterocycles. The number of aromatic nitrogens is 2. The number of amides is 1. The van der Waals surface area contributed by atoms with Gasteiger partial charge in [-0.2, -0.15) is 13.2 Å². The third-order valence-electron chi connectivity index (χ3n) is 7.01. The summed E-state index contributed by atoms with van der Waals surface area (Å²) >= 11 is 0. The van der Waals surface area contributed by atoms with E-state index in [4.69, 9.17) is 9.57 Å². The molecule has 1 aliphatic heterocycles. The number of benzene rings is 1. The number of nitrogens with zero attached hydrogens (tertiary/aromatic N) is 4. The van der Waals surface area contributed by atoms with Crippen LogP contribution in [0.1, 0.15) is 64.0 Å². The summed E-state index contributed by atoms with van der Waals surface area (Å²) in [6, 6.07) is 10.9. The van der Waals surface area contributed by atoms with Crippen LogP contribution in [0, 0.1) is 5.92 Å². The van der Waals surface area contributed by atoms with Crippen LogP contribution < -0.4 is 0 Å². The molecule has 1 aromatic carbocycles. The lowest BCUT2D eigenvalue weighted by Gasteiger charge is -2.33. The fourth-order valence-corrected chi connectivity index (χ4v) is 4.83. The number of halogens is 3. The summed E-state index contributed by atoms with van der Waals surface area (Å²) in [5.74, 6) is 0.0208. The van der Waals surface area contributed by atoms with E-state index in [2.05, 4.69) is 10.1 Å². The lowest BCUT2D eigenvalue weighted by Crippen LogP contribution is -2.41. The predicted molar refractivity (Wildman–Crippen MR) is 153 cm³/mol. The van der Waals surface area contributed by atoms with Gasteiger partial charge >= 0.3 is 12.3 Å². The average Bonchev–Trinajstić information content (AvgIpc) is 3.34. The Labute approximate surface area is 243 Å². The van der Waals surface area contributed by atoms with Crippen LogP contribution >= 0.6 is 0 Å². The number of hydrogen-bond donors (Lipinski definition) is 0. The third kappa shape index (κ3) is 9.32. The molecule has 1 aliphatic rings. The quantitative estimate of drug-likeness (QED) is 0.148. The minimum atomic E-state index is -4.34. The summed E-state index contributed by atoms with van der Waals surface area (Å²) in [6.07, 6.45) is 1.60. The van der Waals surface area contributed by atoms with Crippen LogP contribution in [0.3, 0.4) is 0 Å².